The zero-order chi connectivity index (χ0) is 20.1. The number of hydrogen-bond acceptors (Lipinski definition) is 2. The molecule has 0 radical (unpaired) electrons. The van der Waals surface area contributed by atoms with Crippen molar-refractivity contribution < 1.29 is 0 Å². The zero-order valence-electron chi connectivity index (χ0n) is 18.2. The van der Waals surface area contributed by atoms with Crippen molar-refractivity contribution in [1.29, 1.82) is 0 Å². The highest BCUT2D eigenvalue weighted by molar-refractivity contribution is 14.1. The van der Waals surface area contributed by atoms with Gasteiger partial charge in [-0.1, -0.05) is 79.1 Å². The summed E-state index contributed by atoms with van der Waals surface area (Å²) in [5.74, 6) is 1.69. The van der Waals surface area contributed by atoms with Crippen LogP contribution in [0.25, 0.3) is 9.75 Å². The number of unbranched alkanes of at least 4 members (excludes halogenated alkanes) is 2. The monoisotopic (exact) mass is 528 g/mol. The third-order valence-electron chi connectivity index (χ3n) is 6.97. The summed E-state index contributed by atoms with van der Waals surface area (Å²) < 4.78 is 1.47. The zero-order valence-corrected chi connectivity index (χ0v) is 21.9. The molecule has 0 fully saturated rings. The van der Waals surface area contributed by atoms with Gasteiger partial charge in [0.25, 0.3) is 0 Å². The molecular formula is C25H37IS2. The quantitative estimate of drug-likeness (QED) is 0.241. The van der Waals surface area contributed by atoms with Crippen LogP contribution in [-0.4, -0.2) is 0 Å². The van der Waals surface area contributed by atoms with Crippen molar-refractivity contribution in [3.05, 3.63) is 31.5 Å². The van der Waals surface area contributed by atoms with Gasteiger partial charge in [-0.3, -0.25) is 0 Å². The summed E-state index contributed by atoms with van der Waals surface area (Å²) in [4.78, 5) is 3.20. The molecule has 156 valence electrons. The van der Waals surface area contributed by atoms with E-state index in [1.54, 1.807) is 20.9 Å². The van der Waals surface area contributed by atoms with Crippen LogP contribution in [0.3, 0.4) is 0 Å². The van der Waals surface area contributed by atoms with Gasteiger partial charge in [-0.25, -0.2) is 0 Å². The fraction of sp³-hybridized carbons (Fsp3) is 0.680. The lowest BCUT2D eigenvalue weighted by Crippen LogP contribution is -2.31. The Balaban J connectivity index is 2.02. The van der Waals surface area contributed by atoms with Crippen LogP contribution < -0.4 is 0 Å². The van der Waals surface area contributed by atoms with E-state index >= 15 is 0 Å². The van der Waals surface area contributed by atoms with Gasteiger partial charge in [0.1, 0.15) is 0 Å². The lowest BCUT2D eigenvalue weighted by molar-refractivity contribution is 0.266. The Morgan fingerprint density at radius 2 is 1.50 bits per heavy atom. The minimum absolute atomic E-state index is 0.271. The predicted molar refractivity (Wildman–Crippen MR) is 137 cm³/mol. The normalized spacial score (nSPS) is 20.2. The first-order chi connectivity index (χ1) is 13.6. The predicted octanol–water partition coefficient (Wildman–Crippen LogP) is 9.89. The van der Waals surface area contributed by atoms with E-state index in [1.165, 1.54) is 67.1 Å². The molecule has 0 amide bonds. The van der Waals surface area contributed by atoms with Crippen LogP contribution in [-0.2, 0) is 5.41 Å². The molecule has 0 aromatic carbocycles. The number of fused-ring (bicyclic) bond motifs is 3. The maximum Gasteiger partial charge on any atom is 0.0663 e. The lowest BCUT2D eigenvalue weighted by Gasteiger charge is -2.37. The van der Waals surface area contributed by atoms with Crippen molar-refractivity contribution in [1.82, 2.24) is 0 Å². The van der Waals surface area contributed by atoms with Crippen molar-refractivity contribution in [3.8, 4) is 9.75 Å². The Hall–Kier alpha value is 0.130. The summed E-state index contributed by atoms with van der Waals surface area (Å²) in [6.07, 6.45) is 13.6. The van der Waals surface area contributed by atoms with Crippen molar-refractivity contribution in [3.63, 3.8) is 0 Å². The van der Waals surface area contributed by atoms with Crippen molar-refractivity contribution in [2.24, 2.45) is 11.8 Å². The highest BCUT2D eigenvalue weighted by atomic mass is 127. The molecule has 3 rings (SSSR count). The second-order valence-electron chi connectivity index (χ2n) is 8.78. The molecule has 0 spiro atoms. The van der Waals surface area contributed by atoms with Gasteiger partial charge in [0.2, 0.25) is 0 Å². The fourth-order valence-electron chi connectivity index (χ4n) is 5.29. The molecule has 2 atom stereocenters. The average Bonchev–Trinajstić information content (AvgIpc) is 3.37. The Labute approximate surface area is 194 Å². The fourth-order valence-corrected chi connectivity index (χ4v) is 8.42. The number of thiophene rings is 2. The highest BCUT2D eigenvalue weighted by Crippen LogP contribution is 2.60. The number of hydrogen-bond donors (Lipinski definition) is 0. The third kappa shape index (κ3) is 4.56. The van der Waals surface area contributed by atoms with Crippen LogP contribution in [0, 0.1) is 14.7 Å². The Morgan fingerprint density at radius 3 is 2.04 bits per heavy atom. The van der Waals surface area contributed by atoms with Gasteiger partial charge in [-0.05, 0) is 75.9 Å². The van der Waals surface area contributed by atoms with Crippen LogP contribution in [0.5, 0.6) is 0 Å². The lowest BCUT2D eigenvalue weighted by atomic mass is 9.66. The van der Waals surface area contributed by atoms with Gasteiger partial charge in [-0.2, -0.15) is 0 Å². The minimum atomic E-state index is 0.271. The summed E-state index contributed by atoms with van der Waals surface area (Å²) in [6.45, 7) is 9.52. The molecule has 28 heavy (non-hydrogen) atoms. The maximum atomic E-state index is 2.55. The SMILES string of the molecule is CCCCC(CC)CC1(CC(CC)CCCC)c2ccsc2-c2sc(I)cc21. The summed E-state index contributed by atoms with van der Waals surface area (Å²) >= 11 is 6.56. The Bertz CT molecular complexity index is 724. The first-order valence-corrected chi connectivity index (χ1v) is 14.2. The van der Waals surface area contributed by atoms with E-state index in [0.717, 1.165) is 11.8 Å². The molecule has 0 N–H and O–H groups in total. The maximum absolute atomic E-state index is 2.55. The largest absolute Gasteiger partial charge is 0.143 e. The van der Waals surface area contributed by atoms with Gasteiger partial charge >= 0.3 is 0 Å². The first-order valence-electron chi connectivity index (χ1n) is 11.5. The molecule has 2 unspecified atom stereocenters. The van der Waals surface area contributed by atoms with E-state index in [4.69, 9.17) is 0 Å². The Kier molecular flexibility index (Phi) is 8.50. The van der Waals surface area contributed by atoms with E-state index < -0.39 is 0 Å². The molecule has 2 aromatic heterocycles. The molecule has 2 heterocycles. The first kappa shape index (κ1) is 22.8. The number of rotatable bonds is 12. The highest BCUT2D eigenvalue weighted by Gasteiger charge is 2.47. The summed E-state index contributed by atoms with van der Waals surface area (Å²) in [7, 11) is 0. The van der Waals surface area contributed by atoms with Gasteiger partial charge in [-0.15, -0.1) is 22.7 Å². The minimum Gasteiger partial charge on any atom is -0.143 e. The van der Waals surface area contributed by atoms with Gasteiger partial charge in [0.15, 0.2) is 0 Å². The van der Waals surface area contributed by atoms with Gasteiger partial charge in [0.05, 0.1) is 2.88 Å². The van der Waals surface area contributed by atoms with Crippen LogP contribution in [0.15, 0.2) is 17.5 Å². The second-order valence-corrected chi connectivity index (χ2v) is 12.6. The standard InChI is InChI=1S/C25H37IS2/c1-5-9-11-18(7-3)16-25(17-19(8-4)12-10-6-2)20-13-14-27-23(20)24-21(25)15-22(26)28-24/h13-15,18-19H,5-12,16-17H2,1-4H3. The summed E-state index contributed by atoms with van der Waals surface area (Å²) in [5.41, 5.74) is 3.64. The molecule has 3 heteroatoms. The van der Waals surface area contributed by atoms with Crippen LogP contribution in [0.1, 0.15) is 103 Å². The van der Waals surface area contributed by atoms with Crippen LogP contribution >= 0.6 is 45.3 Å². The van der Waals surface area contributed by atoms with Gasteiger partial charge in [0, 0.05) is 15.2 Å². The number of halogens is 1. The van der Waals surface area contributed by atoms with E-state index in [1.807, 2.05) is 22.7 Å². The molecule has 0 nitrogen and oxygen atoms in total. The van der Waals surface area contributed by atoms with Crippen LogP contribution in [0.2, 0.25) is 0 Å². The van der Waals surface area contributed by atoms with Crippen molar-refractivity contribution in [2.45, 2.75) is 97.3 Å². The smallest absolute Gasteiger partial charge is 0.0663 e. The molecule has 2 aromatic rings. The molecule has 1 aliphatic carbocycles. The molecule has 0 saturated carbocycles. The van der Waals surface area contributed by atoms with E-state index in [9.17, 15) is 0 Å². The van der Waals surface area contributed by atoms with Crippen LogP contribution in [0.4, 0.5) is 0 Å². The molecule has 0 bridgehead atoms. The molecule has 1 aliphatic rings. The third-order valence-corrected chi connectivity index (χ3v) is 9.94. The Morgan fingerprint density at radius 1 is 0.893 bits per heavy atom. The molecule has 0 aliphatic heterocycles. The second kappa shape index (κ2) is 10.4. The summed E-state index contributed by atoms with van der Waals surface area (Å²) in [6, 6.07) is 5.03. The average molecular weight is 529 g/mol. The van der Waals surface area contributed by atoms with E-state index in [0.29, 0.717) is 0 Å². The summed E-state index contributed by atoms with van der Waals surface area (Å²) in [5, 5.41) is 2.36. The van der Waals surface area contributed by atoms with Gasteiger partial charge < -0.3 is 0 Å². The van der Waals surface area contributed by atoms with Crippen molar-refractivity contribution >= 4 is 45.3 Å². The van der Waals surface area contributed by atoms with E-state index in [-0.39, 0.29) is 5.41 Å². The van der Waals surface area contributed by atoms with E-state index in [2.05, 4.69) is 67.8 Å². The molecular weight excluding hydrogens is 491 g/mol. The topological polar surface area (TPSA) is 0 Å². The van der Waals surface area contributed by atoms with Crippen molar-refractivity contribution in [2.75, 3.05) is 0 Å². The molecule has 0 saturated heterocycles.